The summed E-state index contributed by atoms with van der Waals surface area (Å²) >= 11 is 0. The summed E-state index contributed by atoms with van der Waals surface area (Å²) in [6, 6.07) is 15.9. The van der Waals surface area contributed by atoms with Crippen LogP contribution >= 0.6 is 0 Å². The summed E-state index contributed by atoms with van der Waals surface area (Å²) in [5.41, 5.74) is 1.07. The van der Waals surface area contributed by atoms with Gasteiger partial charge in [0.25, 0.3) is 0 Å². The molecule has 0 fully saturated rings. The van der Waals surface area contributed by atoms with Crippen molar-refractivity contribution in [3.63, 3.8) is 0 Å². The second kappa shape index (κ2) is 5.07. The van der Waals surface area contributed by atoms with Gasteiger partial charge in [-0.15, -0.1) is 0 Å². The molecule has 1 aromatic carbocycles. The molecule has 1 aromatic heterocycles. The van der Waals surface area contributed by atoms with Gasteiger partial charge in [0.15, 0.2) is 0 Å². The second-order valence-electron chi connectivity index (χ2n) is 3.41. The van der Waals surface area contributed by atoms with E-state index in [1.165, 1.54) is 0 Å². The lowest BCUT2D eigenvalue weighted by molar-refractivity contribution is -0.546. The lowest BCUT2D eigenvalue weighted by Crippen LogP contribution is -2.33. The second-order valence-corrected chi connectivity index (χ2v) is 3.41. The Balaban J connectivity index is 2.08. The van der Waals surface area contributed by atoms with Crippen LogP contribution in [0.25, 0.3) is 0 Å². The van der Waals surface area contributed by atoms with E-state index in [2.05, 4.69) is 5.10 Å². The highest BCUT2D eigenvalue weighted by Crippen LogP contribution is 2.10. The van der Waals surface area contributed by atoms with Gasteiger partial charge in [0.2, 0.25) is 0 Å². The highest BCUT2D eigenvalue weighted by atomic mass is 15.4. The van der Waals surface area contributed by atoms with Crippen molar-refractivity contribution >= 4 is 12.0 Å². The number of para-hydroxylation sites is 1. The average molecular weight is 212 g/mol. The van der Waals surface area contributed by atoms with Crippen molar-refractivity contribution in [2.24, 2.45) is 5.10 Å². The van der Waals surface area contributed by atoms with E-state index >= 15 is 0 Å². The molecule has 0 N–H and O–H groups in total. The van der Waals surface area contributed by atoms with Crippen LogP contribution in [0.4, 0.5) is 5.69 Å². The maximum absolute atomic E-state index is 4.34. The van der Waals surface area contributed by atoms with E-state index in [1.807, 2.05) is 77.5 Å². The number of nitrogens with zero attached hydrogens (tertiary/aromatic N) is 3. The maximum atomic E-state index is 4.34. The van der Waals surface area contributed by atoms with Crippen molar-refractivity contribution in [3.8, 4) is 0 Å². The van der Waals surface area contributed by atoms with Gasteiger partial charge >= 0.3 is 6.34 Å². The lowest BCUT2D eigenvalue weighted by Gasteiger charge is -2.04. The van der Waals surface area contributed by atoms with Crippen LogP contribution in [0.3, 0.4) is 0 Å². The van der Waals surface area contributed by atoms with E-state index < -0.39 is 0 Å². The summed E-state index contributed by atoms with van der Waals surface area (Å²) in [6.07, 6.45) is 5.66. The Morgan fingerprint density at radius 2 is 1.62 bits per heavy atom. The molecule has 3 heteroatoms. The molecule has 0 aliphatic carbocycles. The first-order chi connectivity index (χ1) is 7.86. The third-order valence-corrected chi connectivity index (χ3v) is 2.23. The van der Waals surface area contributed by atoms with Gasteiger partial charge in [0, 0.05) is 5.10 Å². The first kappa shape index (κ1) is 10.4. The third-order valence-electron chi connectivity index (χ3n) is 2.23. The fraction of sp³-hybridized carbons (Fsp3) is 0.0769. The normalized spacial score (nSPS) is 10.6. The molecule has 0 spiro atoms. The number of anilines is 1. The summed E-state index contributed by atoms with van der Waals surface area (Å²) in [4.78, 5) is 0. The van der Waals surface area contributed by atoms with Gasteiger partial charge < -0.3 is 0 Å². The van der Waals surface area contributed by atoms with Gasteiger partial charge in [0.05, 0.1) is 25.1 Å². The number of hydrazone groups is 1. The van der Waals surface area contributed by atoms with Crippen LogP contribution in [0, 0.1) is 0 Å². The largest absolute Gasteiger partial charge is 0.316 e. The first-order valence-electron chi connectivity index (χ1n) is 5.15. The van der Waals surface area contributed by atoms with E-state index in [0.29, 0.717) is 0 Å². The molecule has 0 saturated carbocycles. The van der Waals surface area contributed by atoms with Crippen molar-refractivity contribution in [2.45, 2.75) is 0 Å². The number of hydrogen-bond donors (Lipinski definition) is 0. The fourth-order valence-corrected chi connectivity index (χ4v) is 1.34. The topological polar surface area (TPSA) is 19.5 Å². The standard InChI is InChI=1S/C13H14N3/c1-15(13-8-4-2-5-9-13)14-12-16-10-6-3-7-11-16/h2-12H,1H3/q+1/b14-12+. The molecule has 80 valence electrons. The Morgan fingerprint density at radius 1 is 1.00 bits per heavy atom. The molecule has 3 nitrogen and oxygen atoms in total. The Labute approximate surface area is 95.3 Å². The van der Waals surface area contributed by atoms with Crippen molar-refractivity contribution < 1.29 is 4.57 Å². The smallest absolute Gasteiger partial charge is 0.208 e. The Kier molecular flexibility index (Phi) is 3.28. The number of pyridine rings is 1. The van der Waals surface area contributed by atoms with E-state index in [-0.39, 0.29) is 0 Å². The van der Waals surface area contributed by atoms with Crippen molar-refractivity contribution in [3.05, 3.63) is 60.9 Å². The maximum Gasteiger partial charge on any atom is 0.316 e. The SMILES string of the molecule is CN(/N=C/[n+]1ccccc1)c1ccccc1. The summed E-state index contributed by atoms with van der Waals surface area (Å²) in [5.74, 6) is 0. The quantitative estimate of drug-likeness (QED) is 0.329. The zero-order valence-corrected chi connectivity index (χ0v) is 9.19. The first-order valence-corrected chi connectivity index (χ1v) is 5.15. The third kappa shape index (κ3) is 2.67. The highest BCUT2D eigenvalue weighted by Gasteiger charge is 2.01. The number of benzene rings is 1. The van der Waals surface area contributed by atoms with Crippen LogP contribution in [-0.4, -0.2) is 13.4 Å². The fourth-order valence-electron chi connectivity index (χ4n) is 1.34. The van der Waals surface area contributed by atoms with Crippen LogP contribution in [0.15, 0.2) is 66.0 Å². The van der Waals surface area contributed by atoms with Crippen LogP contribution < -0.4 is 9.58 Å². The van der Waals surface area contributed by atoms with Crippen LogP contribution in [-0.2, 0) is 0 Å². The molecular weight excluding hydrogens is 198 g/mol. The summed E-state index contributed by atoms with van der Waals surface area (Å²) in [7, 11) is 1.93. The molecule has 0 aliphatic heterocycles. The Bertz CT molecular complexity index is 451. The van der Waals surface area contributed by atoms with Gasteiger partial charge in [-0.3, -0.25) is 0 Å². The van der Waals surface area contributed by atoms with E-state index in [9.17, 15) is 0 Å². The molecule has 0 bridgehead atoms. The molecule has 1 heterocycles. The molecule has 2 aromatic rings. The van der Waals surface area contributed by atoms with Gasteiger partial charge in [-0.05, 0) is 24.3 Å². The van der Waals surface area contributed by atoms with Crippen LogP contribution in [0.1, 0.15) is 0 Å². The Morgan fingerprint density at radius 3 is 2.31 bits per heavy atom. The Hall–Kier alpha value is -2.16. The minimum Gasteiger partial charge on any atom is -0.208 e. The van der Waals surface area contributed by atoms with Crippen molar-refractivity contribution in [1.82, 2.24) is 0 Å². The monoisotopic (exact) mass is 212 g/mol. The predicted molar refractivity (Wildman–Crippen MR) is 65.4 cm³/mol. The zero-order valence-electron chi connectivity index (χ0n) is 9.19. The number of rotatable bonds is 3. The molecule has 2 rings (SSSR count). The molecule has 0 unspecified atom stereocenters. The van der Waals surface area contributed by atoms with Crippen LogP contribution in [0.5, 0.6) is 0 Å². The molecule has 0 atom stereocenters. The lowest BCUT2D eigenvalue weighted by atomic mass is 10.3. The number of hydrogen-bond acceptors (Lipinski definition) is 2. The average Bonchev–Trinajstić information content (AvgIpc) is 2.38. The van der Waals surface area contributed by atoms with Gasteiger partial charge in [-0.1, -0.05) is 24.3 Å². The minimum atomic E-state index is 1.07. The van der Waals surface area contributed by atoms with E-state index in [4.69, 9.17) is 0 Å². The molecular formula is C13H14N3+. The van der Waals surface area contributed by atoms with Crippen molar-refractivity contribution in [2.75, 3.05) is 12.1 Å². The molecule has 16 heavy (non-hydrogen) atoms. The predicted octanol–water partition coefficient (Wildman–Crippen LogP) is 1.90. The highest BCUT2D eigenvalue weighted by molar-refractivity contribution is 5.50. The number of aromatic nitrogens is 1. The summed E-state index contributed by atoms with van der Waals surface area (Å²) < 4.78 is 1.90. The van der Waals surface area contributed by atoms with E-state index in [1.54, 1.807) is 6.34 Å². The molecule has 0 saturated heterocycles. The summed E-state index contributed by atoms with van der Waals surface area (Å²) in [6.45, 7) is 0. The van der Waals surface area contributed by atoms with Crippen molar-refractivity contribution in [1.29, 1.82) is 0 Å². The van der Waals surface area contributed by atoms with Crippen LogP contribution in [0.2, 0.25) is 0 Å². The molecule has 0 aliphatic rings. The molecule has 0 amide bonds. The van der Waals surface area contributed by atoms with Gasteiger partial charge in [0.1, 0.15) is 0 Å². The van der Waals surface area contributed by atoms with Gasteiger partial charge in [-0.2, -0.15) is 5.01 Å². The van der Waals surface area contributed by atoms with Gasteiger partial charge in [-0.25, -0.2) is 4.57 Å². The van der Waals surface area contributed by atoms with E-state index in [0.717, 1.165) is 5.69 Å². The minimum absolute atomic E-state index is 1.07. The summed E-state index contributed by atoms with van der Waals surface area (Å²) in [5, 5.41) is 6.17. The molecule has 0 radical (unpaired) electrons. The zero-order chi connectivity index (χ0) is 11.2.